The Kier molecular flexibility index (Phi) is 8.15. The summed E-state index contributed by atoms with van der Waals surface area (Å²) in [6.07, 6.45) is 4.80. The number of nitrogens with zero attached hydrogens (tertiary/aromatic N) is 4. The third-order valence-electron chi connectivity index (χ3n) is 6.22. The minimum absolute atomic E-state index is 0.119. The van der Waals surface area contributed by atoms with E-state index < -0.39 is 17.8 Å². The Balaban J connectivity index is 1.98. The number of aryl methyl sites for hydroxylation is 1. The van der Waals surface area contributed by atoms with Crippen LogP contribution in [0.4, 0.5) is 10.6 Å². The van der Waals surface area contributed by atoms with Crippen LogP contribution >= 0.6 is 0 Å². The Hall–Kier alpha value is -3.62. The van der Waals surface area contributed by atoms with E-state index in [1.165, 1.54) is 11.8 Å². The summed E-state index contributed by atoms with van der Waals surface area (Å²) < 4.78 is 13.6. The van der Waals surface area contributed by atoms with E-state index in [2.05, 4.69) is 11.6 Å². The smallest absolute Gasteiger partial charge is 0.410 e. The van der Waals surface area contributed by atoms with Crippen LogP contribution in [0.15, 0.2) is 36.1 Å². The number of anilines is 1. The van der Waals surface area contributed by atoms with Crippen molar-refractivity contribution >= 4 is 17.7 Å². The van der Waals surface area contributed by atoms with Crippen LogP contribution in [0.3, 0.4) is 0 Å². The zero-order valence-electron chi connectivity index (χ0n) is 23.2. The van der Waals surface area contributed by atoms with Crippen LogP contribution in [0.5, 0.6) is 5.75 Å². The second kappa shape index (κ2) is 10.8. The molecule has 37 heavy (non-hydrogen) atoms. The lowest BCUT2D eigenvalue weighted by Crippen LogP contribution is -2.34. The molecule has 2 N–H and O–H groups in total. The van der Waals surface area contributed by atoms with Gasteiger partial charge in [-0.15, -0.1) is 0 Å². The minimum atomic E-state index is -0.596. The van der Waals surface area contributed by atoms with Gasteiger partial charge in [0.05, 0.1) is 12.2 Å². The standard InChI is InChI=1S/C28H39N5O4/c1-10-21(16(2)17(3)34)18(4)36-23-13-20(14-30-26(23)29)24-22(31-33(9)25(24)19-11-12-19)15-32(8)27(35)37-28(5,6)7/h10,13-14,18-19H,2,11-12,15H2,1,3-9H3,(H2,29,30). The quantitative estimate of drug-likeness (QED) is 0.367. The zero-order valence-corrected chi connectivity index (χ0v) is 23.2. The van der Waals surface area contributed by atoms with Gasteiger partial charge in [0, 0.05) is 48.6 Å². The van der Waals surface area contributed by atoms with Gasteiger partial charge in [-0.05, 0) is 66.0 Å². The maximum atomic E-state index is 12.6. The van der Waals surface area contributed by atoms with Crippen molar-refractivity contribution in [1.82, 2.24) is 19.7 Å². The fourth-order valence-electron chi connectivity index (χ4n) is 4.27. The first-order chi connectivity index (χ1) is 17.2. The molecule has 0 radical (unpaired) electrons. The zero-order chi connectivity index (χ0) is 27.7. The highest BCUT2D eigenvalue weighted by molar-refractivity contribution is 5.97. The number of hydrogen-bond acceptors (Lipinski definition) is 7. The van der Waals surface area contributed by atoms with Crippen molar-refractivity contribution in [3.63, 3.8) is 0 Å². The van der Waals surface area contributed by atoms with Gasteiger partial charge in [-0.25, -0.2) is 9.78 Å². The summed E-state index contributed by atoms with van der Waals surface area (Å²) in [5, 5.41) is 4.77. The largest absolute Gasteiger partial charge is 0.482 e. The lowest BCUT2D eigenvalue weighted by atomic mass is 9.99. The molecule has 1 atom stereocenters. The van der Waals surface area contributed by atoms with E-state index in [1.54, 1.807) is 13.2 Å². The highest BCUT2D eigenvalue weighted by Gasteiger charge is 2.33. The summed E-state index contributed by atoms with van der Waals surface area (Å²) in [7, 11) is 3.62. The second-order valence-corrected chi connectivity index (χ2v) is 10.6. The van der Waals surface area contributed by atoms with Gasteiger partial charge in [-0.1, -0.05) is 12.7 Å². The predicted molar refractivity (Wildman–Crippen MR) is 144 cm³/mol. The van der Waals surface area contributed by atoms with Crippen molar-refractivity contribution in [1.29, 1.82) is 0 Å². The summed E-state index contributed by atoms with van der Waals surface area (Å²) in [6.45, 7) is 14.8. The van der Waals surface area contributed by atoms with Gasteiger partial charge in [0.25, 0.3) is 0 Å². The number of aromatic nitrogens is 3. The summed E-state index contributed by atoms with van der Waals surface area (Å²) in [6, 6.07) is 1.85. The Bertz CT molecular complexity index is 1230. The molecule has 1 aliphatic carbocycles. The van der Waals surface area contributed by atoms with Gasteiger partial charge < -0.3 is 20.1 Å². The van der Waals surface area contributed by atoms with Crippen molar-refractivity contribution in [3.8, 4) is 16.9 Å². The third kappa shape index (κ3) is 6.58. The molecule has 1 amide bonds. The molecule has 1 aliphatic rings. The minimum Gasteiger partial charge on any atom is -0.482 e. The average molecular weight is 510 g/mol. The van der Waals surface area contributed by atoms with E-state index in [9.17, 15) is 9.59 Å². The number of Topliss-reactive ketones (excluding diaryl/α,β-unsaturated/α-hetero) is 1. The molecule has 9 nitrogen and oxygen atoms in total. The van der Waals surface area contributed by atoms with E-state index in [0.717, 1.165) is 35.4 Å². The number of carbonyl (C=O) groups excluding carboxylic acids is 2. The lowest BCUT2D eigenvalue weighted by Gasteiger charge is -2.24. The molecule has 0 aromatic carbocycles. The van der Waals surface area contributed by atoms with Gasteiger partial charge in [-0.2, -0.15) is 5.10 Å². The number of ether oxygens (including phenoxy) is 2. The molecule has 2 heterocycles. The predicted octanol–water partition coefficient (Wildman–Crippen LogP) is 5.17. The fourth-order valence-corrected chi connectivity index (χ4v) is 4.27. The molecule has 1 fully saturated rings. The molecular formula is C28H39N5O4. The van der Waals surface area contributed by atoms with E-state index in [1.807, 2.05) is 58.5 Å². The number of amides is 1. The van der Waals surface area contributed by atoms with Crippen LogP contribution in [0.25, 0.3) is 11.1 Å². The molecule has 2 aromatic rings. The van der Waals surface area contributed by atoms with Crippen molar-refractivity contribution in [2.45, 2.75) is 78.6 Å². The number of nitrogen functional groups attached to an aromatic ring is 1. The number of pyridine rings is 1. The molecule has 0 aliphatic heterocycles. The number of carbonyl (C=O) groups is 2. The topological polar surface area (TPSA) is 113 Å². The fraction of sp³-hybridized carbons (Fsp3) is 0.500. The first-order valence-corrected chi connectivity index (χ1v) is 12.5. The van der Waals surface area contributed by atoms with Gasteiger partial charge in [0.2, 0.25) is 0 Å². The SMILES string of the molecule is C=C(C(C)=O)C(=CC)C(C)Oc1cc(-c2c(CN(C)C(=O)OC(C)(C)C)nn(C)c2C2CC2)cnc1N. The van der Waals surface area contributed by atoms with E-state index in [0.29, 0.717) is 22.8 Å². The van der Waals surface area contributed by atoms with Crippen molar-refractivity contribution in [2.75, 3.05) is 12.8 Å². The maximum Gasteiger partial charge on any atom is 0.410 e. The molecule has 0 bridgehead atoms. The first kappa shape index (κ1) is 28.0. The molecule has 1 saturated carbocycles. The number of rotatable bonds is 9. The summed E-state index contributed by atoms with van der Waals surface area (Å²) in [5.41, 5.74) is 10.2. The third-order valence-corrected chi connectivity index (χ3v) is 6.22. The Morgan fingerprint density at radius 3 is 2.54 bits per heavy atom. The average Bonchev–Trinajstić information content (AvgIpc) is 3.57. The van der Waals surface area contributed by atoms with Gasteiger partial charge in [-0.3, -0.25) is 9.48 Å². The van der Waals surface area contributed by atoms with Gasteiger partial charge in [0.15, 0.2) is 17.4 Å². The van der Waals surface area contributed by atoms with Crippen molar-refractivity contribution in [3.05, 3.63) is 47.5 Å². The Morgan fingerprint density at radius 1 is 1.35 bits per heavy atom. The van der Waals surface area contributed by atoms with Crippen LogP contribution in [0, 0.1) is 0 Å². The number of ketones is 1. The summed E-state index contributed by atoms with van der Waals surface area (Å²) in [5.74, 6) is 0.913. The van der Waals surface area contributed by atoms with Crippen LogP contribution in [0.1, 0.15) is 71.7 Å². The normalized spacial score (nSPS) is 14.8. The number of hydrogen-bond donors (Lipinski definition) is 1. The van der Waals surface area contributed by atoms with Crippen LogP contribution < -0.4 is 10.5 Å². The van der Waals surface area contributed by atoms with Crippen LogP contribution in [-0.2, 0) is 23.1 Å². The van der Waals surface area contributed by atoms with Crippen LogP contribution in [0.2, 0.25) is 0 Å². The molecule has 0 spiro atoms. The van der Waals surface area contributed by atoms with E-state index in [-0.39, 0.29) is 18.1 Å². The Labute approximate surface area is 219 Å². The number of nitrogens with two attached hydrogens (primary N) is 1. The number of allylic oxidation sites excluding steroid dienone is 1. The molecule has 2 aromatic heterocycles. The maximum absolute atomic E-state index is 12.6. The Morgan fingerprint density at radius 2 is 2.00 bits per heavy atom. The lowest BCUT2D eigenvalue weighted by molar-refractivity contribution is -0.113. The monoisotopic (exact) mass is 509 g/mol. The molecule has 3 rings (SSSR count). The molecular weight excluding hydrogens is 470 g/mol. The molecule has 0 saturated heterocycles. The van der Waals surface area contributed by atoms with E-state index >= 15 is 0 Å². The summed E-state index contributed by atoms with van der Waals surface area (Å²) >= 11 is 0. The highest BCUT2D eigenvalue weighted by Crippen LogP contribution is 2.46. The van der Waals surface area contributed by atoms with Gasteiger partial charge in [0.1, 0.15) is 11.7 Å². The van der Waals surface area contributed by atoms with E-state index in [4.69, 9.17) is 20.3 Å². The first-order valence-electron chi connectivity index (χ1n) is 12.5. The molecule has 200 valence electrons. The molecule has 9 heteroatoms. The van der Waals surface area contributed by atoms with Crippen molar-refractivity contribution in [2.24, 2.45) is 7.05 Å². The van der Waals surface area contributed by atoms with Gasteiger partial charge >= 0.3 is 6.09 Å². The molecule has 1 unspecified atom stereocenters. The second-order valence-electron chi connectivity index (χ2n) is 10.6. The van der Waals surface area contributed by atoms with Crippen LogP contribution in [-0.4, -0.2) is 50.3 Å². The summed E-state index contributed by atoms with van der Waals surface area (Å²) in [4.78, 5) is 30.5. The van der Waals surface area contributed by atoms with Crippen molar-refractivity contribution < 1.29 is 19.1 Å². The highest BCUT2D eigenvalue weighted by atomic mass is 16.6.